The van der Waals surface area contributed by atoms with E-state index in [2.05, 4.69) is 23.2 Å². The van der Waals surface area contributed by atoms with Crippen LogP contribution in [0.5, 0.6) is 0 Å². The molecule has 5 rings (SSSR count). The Balaban J connectivity index is 1.48. The third kappa shape index (κ3) is 4.28. The average molecular weight is 377 g/mol. The summed E-state index contributed by atoms with van der Waals surface area (Å²) in [5.74, 6) is -0.0552. The van der Waals surface area contributed by atoms with Crippen LogP contribution in [0.3, 0.4) is 0 Å². The molecule has 0 radical (unpaired) electrons. The largest absolute Gasteiger partial charge is 0.460 e. The molecule has 28 heavy (non-hydrogen) atoms. The minimum atomic E-state index is -0.409. The van der Waals surface area contributed by atoms with Crippen LogP contribution in [-0.4, -0.2) is 36.6 Å². The maximum absolute atomic E-state index is 13.1. The van der Waals surface area contributed by atoms with Crippen LogP contribution in [0, 0.1) is 12.8 Å². The van der Waals surface area contributed by atoms with Crippen molar-refractivity contribution in [1.82, 2.24) is 4.90 Å². The molecule has 0 saturated carbocycles. The Hall–Kier alpha value is -2.59. The molecule has 0 aliphatic carbocycles. The SMILES string of the molecule is Cc1ccccc1N/C=C/C(C(=O)O[C@H]1CN2CCC1CC2)c1ccccc1. The summed E-state index contributed by atoms with van der Waals surface area (Å²) >= 11 is 0. The van der Waals surface area contributed by atoms with E-state index in [1.54, 1.807) is 0 Å². The quantitative estimate of drug-likeness (QED) is 0.762. The summed E-state index contributed by atoms with van der Waals surface area (Å²) in [6.45, 7) is 5.22. The molecular weight excluding hydrogens is 348 g/mol. The molecule has 3 saturated heterocycles. The molecule has 2 aromatic carbocycles. The van der Waals surface area contributed by atoms with Crippen molar-refractivity contribution in [2.24, 2.45) is 5.92 Å². The highest BCUT2D eigenvalue weighted by molar-refractivity contribution is 5.80. The van der Waals surface area contributed by atoms with Crippen LogP contribution in [0.15, 0.2) is 66.9 Å². The van der Waals surface area contributed by atoms with Crippen molar-refractivity contribution in [1.29, 1.82) is 0 Å². The van der Waals surface area contributed by atoms with Crippen LogP contribution in [0.25, 0.3) is 0 Å². The number of hydrogen-bond donors (Lipinski definition) is 1. The van der Waals surface area contributed by atoms with E-state index in [1.165, 1.54) is 5.56 Å². The fourth-order valence-electron chi connectivity index (χ4n) is 4.22. The molecule has 4 nitrogen and oxygen atoms in total. The number of hydrogen-bond acceptors (Lipinski definition) is 4. The summed E-state index contributed by atoms with van der Waals surface area (Å²) in [6, 6.07) is 18.0. The molecule has 0 amide bonds. The monoisotopic (exact) mass is 376 g/mol. The van der Waals surface area contributed by atoms with Gasteiger partial charge in [0.05, 0.1) is 0 Å². The molecule has 3 heterocycles. The van der Waals surface area contributed by atoms with Crippen LogP contribution in [0.4, 0.5) is 5.69 Å². The number of rotatable bonds is 6. The second kappa shape index (κ2) is 8.61. The third-order valence-electron chi connectivity index (χ3n) is 5.95. The maximum atomic E-state index is 13.1. The van der Waals surface area contributed by atoms with Gasteiger partial charge >= 0.3 is 5.97 Å². The summed E-state index contributed by atoms with van der Waals surface area (Å²) in [7, 11) is 0. The normalized spacial score (nSPS) is 24.8. The van der Waals surface area contributed by atoms with E-state index in [-0.39, 0.29) is 12.1 Å². The molecule has 146 valence electrons. The number of fused-ring (bicyclic) bond motifs is 3. The lowest BCUT2D eigenvalue weighted by Gasteiger charge is -2.44. The van der Waals surface area contributed by atoms with Gasteiger partial charge in [0, 0.05) is 12.2 Å². The Labute approximate surface area is 167 Å². The van der Waals surface area contributed by atoms with Gasteiger partial charge in [0.15, 0.2) is 0 Å². The minimum absolute atomic E-state index is 0.0268. The van der Waals surface area contributed by atoms with E-state index >= 15 is 0 Å². The van der Waals surface area contributed by atoms with Crippen LogP contribution >= 0.6 is 0 Å². The number of carbonyl (C=O) groups is 1. The Morgan fingerprint density at radius 3 is 2.50 bits per heavy atom. The number of anilines is 1. The topological polar surface area (TPSA) is 41.6 Å². The first-order valence-electron chi connectivity index (χ1n) is 10.2. The Morgan fingerprint density at radius 2 is 1.82 bits per heavy atom. The standard InChI is InChI=1S/C24H28N2O2/c1-18-7-5-6-10-22(18)25-14-11-21(19-8-3-2-4-9-19)24(27)28-23-17-26-15-12-20(23)13-16-26/h2-11,14,20-21,23,25H,12-13,15-17H2,1H3/b14-11+/t21?,23-/m0/s1. The van der Waals surface area contributed by atoms with Crippen molar-refractivity contribution in [3.8, 4) is 0 Å². The van der Waals surface area contributed by atoms with Crippen LogP contribution in [0.1, 0.15) is 29.9 Å². The minimum Gasteiger partial charge on any atom is -0.460 e. The number of piperidine rings is 3. The first-order chi connectivity index (χ1) is 13.7. The zero-order valence-corrected chi connectivity index (χ0v) is 16.4. The molecule has 1 N–H and O–H groups in total. The van der Waals surface area contributed by atoms with E-state index in [9.17, 15) is 4.79 Å². The zero-order chi connectivity index (χ0) is 19.3. The highest BCUT2D eigenvalue weighted by atomic mass is 16.5. The van der Waals surface area contributed by atoms with Gasteiger partial charge < -0.3 is 10.1 Å². The lowest BCUT2D eigenvalue weighted by atomic mass is 9.85. The molecule has 2 bridgehead atoms. The summed E-state index contributed by atoms with van der Waals surface area (Å²) < 4.78 is 6.01. The van der Waals surface area contributed by atoms with Gasteiger partial charge in [0.25, 0.3) is 0 Å². The van der Waals surface area contributed by atoms with E-state index < -0.39 is 5.92 Å². The van der Waals surface area contributed by atoms with Gasteiger partial charge in [0.1, 0.15) is 12.0 Å². The van der Waals surface area contributed by atoms with E-state index in [0.717, 1.165) is 43.7 Å². The summed E-state index contributed by atoms with van der Waals surface area (Å²) in [6.07, 6.45) is 6.07. The summed E-state index contributed by atoms with van der Waals surface area (Å²) in [5.41, 5.74) is 3.16. The fourth-order valence-corrected chi connectivity index (χ4v) is 4.22. The highest BCUT2D eigenvalue weighted by Gasteiger charge is 2.37. The van der Waals surface area contributed by atoms with Gasteiger partial charge in [0.2, 0.25) is 0 Å². The van der Waals surface area contributed by atoms with Gasteiger partial charge in [-0.15, -0.1) is 0 Å². The molecule has 0 spiro atoms. The number of nitrogens with one attached hydrogen (secondary N) is 1. The van der Waals surface area contributed by atoms with Crippen molar-refractivity contribution in [2.45, 2.75) is 31.8 Å². The summed E-state index contributed by atoms with van der Waals surface area (Å²) in [5, 5.41) is 3.30. The number of para-hydroxylation sites is 1. The van der Waals surface area contributed by atoms with Gasteiger partial charge in [-0.25, -0.2) is 0 Å². The molecule has 2 aromatic rings. The average Bonchev–Trinajstić information content (AvgIpc) is 2.74. The predicted molar refractivity (Wildman–Crippen MR) is 112 cm³/mol. The van der Waals surface area contributed by atoms with Gasteiger partial charge in [-0.1, -0.05) is 48.5 Å². The van der Waals surface area contributed by atoms with Crippen LogP contribution in [-0.2, 0) is 9.53 Å². The number of ether oxygens (including phenoxy) is 1. The number of benzene rings is 2. The molecule has 2 atom stereocenters. The second-order valence-corrected chi connectivity index (χ2v) is 7.82. The van der Waals surface area contributed by atoms with Crippen molar-refractivity contribution in [3.63, 3.8) is 0 Å². The molecule has 3 aliphatic heterocycles. The molecule has 1 unspecified atom stereocenters. The maximum Gasteiger partial charge on any atom is 0.317 e. The van der Waals surface area contributed by atoms with Gasteiger partial charge in [-0.3, -0.25) is 9.69 Å². The van der Waals surface area contributed by atoms with Crippen molar-refractivity contribution in [2.75, 3.05) is 25.0 Å². The van der Waals surface area contributed by atoms with Crippen LogP contribution < -0.4 is 5.32 Å². The molecular formula is C24H28N2O2. The number of esters is 1. The zero-order valence-electron chi connectivity index (χ0n) is 16.4. The van der Waals surface area contributed by atoms with E-state index in [1.807, 2.05) is 60.8 Å². The Morgan fingerprint density at radius 1 is 1.11 bits per heavy atom. The van der Waals surface area contributed by atoms with Crippen LogP contribution in [0.2, 0.25) is 0 Å². The van der Waals surface area contributed by atoms with Gasteiger partial charge in [-0.2, -0.15) is 0 Å². The summed E-state index contributed by atoms with van der Waals surface area (Å²) in [4.78, 5) is 15.5. The van der Waals surface area contributed by atoms with Crippen molar-refractivity contribution < 1.29 is 9.53 Å². The highest BCUT2D eigenvalue weighted by Crippen LogP contribution is 2.31. The smallest absolute Gasteiger partial charge is 0.317 e. The third-order valence-corrected chi connectivity index (χ3v) is 5.95. The van der Waals surface area contributed by atoms with Crippen molar-refractivity contribution >= 4 is 11.7 Å². The van der Waals surface area contributed by atoms with Gasteiger partial charge in [-0.05, 0) is 68.2 Å². The first-order valence-corrected chi connectivity index (χ1v) is 10.2. The fraction of sp³-hybridized carbons (Fsp3) is 0.375. The lowest BCUT2D eigenvalue weighted by molar-refractivity contribution is -0.159. The van der Waals surface area contributed by atoms with E-state index in [0.29, 0.717) is 5.92 Å². The molecule has 3 fully saturated rings. The second-order valence-electron chi connectivity index (χ2n) is 7.82. The van der Waals surface area contributed by atoms with E-state index in [4.69, 9.17) is 4.74 Å². The number of nitrogens with zero attached hydrogens (tertiary/aromatic N) is 1. The Bertz CT molecular complexity index is 826. The number of carbonyl (C=O) groups excluding carboxylic acids is 1. The lowest BCUT2D eigenvalue weighted by Crippen LogP contribution is -2.52. The first kappa shape index (κ1) is 18.8. The number of aryl methyl sites for hydroxylation is 1. The molecule has 0 aromatic heterocycles. The Kier molecular flexibility index (Phi) is 5.77. The molecule has 3 aliphatic rings. The predicted octanol–water partition coefficient (Wildman–Crippen LogP) is 4.34. The molecule has 4 heteroatoms. The van der Waals surface area contributed by atoms with Crippen molar-refractivity contribution in [3.05, 3.63) is 78.0 Å².